The summed E-state index contributed by atoms with van der Waals surface area (Å²) in [5, 5.41) is 25.7. The van der Waals surface area contributed by atoms with Crippen LogP contribution < -0.4 is 10.5 Å². The van der Waals surface area contributed by atoms with Gasteiger partial charge in [-0.2, -0.15) is 5.10 Å². The van der Waals surface area contributed by atoms with Gasteiger partial charge in [0.2, 0.25) is 0 Å². The lowest BCUT2D eigenvalue weighted by atomic mass is 10.2. The van der Waals surface area contributed by atoms with Crippen molar-refractivity contribution in [1.29, 1.82) is 0 Å². The highest BCUT2D eigenvalue weighted by molar-refractivity contribution is 5.95. The van der Waals surface area contributed by atoms with Crippen molar-refractivity contribution in [2.45, 2.75) is 6.92 Å². The fourth-order valence-corrected chi connectivity index (χ4v) is 1.63. The van der Waals surface area contributed by atoms with Crippen molar-refractivity contribution in [2.75, 3.05) is 0 Å². The van der Waals surface area contributed by atoms with Gasteiger partial charge < -0.3 is 5.11 Å². The van der Waals surface area contributed by atoms with Gasteiger partial charge in [-0.05, 0) is 19.1 Å². The standard InChI is InChI=1S/C14H12N4O4/c1-9-2-3-10(7-15-9)14(20)17-16-8-11-6-12(19)4-5-13(11)18(21)22/h2-8,19H,1H3,(H,17,20)/p-1/b16-8+. The lowest BCUT2D eigenvalue weighted by molar-refractivity contribution is -0.385. The minimum atomic E-state index is -0.632. The molecule has 0 unspecified atom stereocenters. The molecule has 8 nitrogen and oxygen atoms in total. The highest BCUT2D eigenvalue weighted by atomic mass is 16.6. The molecule has 1 aromatic heterocycles. The molecule has 0 spiro atoms. The molecule has 0 fully saturated rings. The van der Waals surface area contributed by atoms with Crippen LogP contribution in [0.2, 0.25) is 0 Å². The Kier molecular flexibility index (Phi) is 4.42. The second-order valence-corrected chi connectivity index (χ2v) is 4.37. The maximum atomic E-state index is 11.8. The summed E-state index contributed by atoms with van der Waals surface area (Å²) in [5.41, 5.74) is 3.03. The zero-order valence-electron chi connectivity index (χ0n) is 11.5. The molecule has 112 valence electrons. The zero-order chi connectivity index (χ0) is 16.1. The number of amides is 1. The summed E-state index contributed by atoms with van der Waals surface area (Å²) in [7, 11) is 0. The predicted molar refractivity (Wildman–Crippen MR) is 76.6 cm³/mol. The molecule has 2 rings (SSSR count). The molecule has 1 aromatic carbocycles. The first-order chi connectivity index (χ1) is 10.5. The van der Waals surface area contributed by atoms with Crippen LogP contribution in [0.15, 0.2) is 41.6 Å². The van der Waals surface area contributed by atoms with Crippen LogP contribution in [0.5, 0.6) is 5.75 Å². The number of hydrogen-bond acceptors (Lipinski definition) is 6. The van der Waals surface area contributed by atoms with Crippen molar-refractivity contribution < 1.29 is 14.8 Å². The Hall–Kier alpha value is -3.29. The first kappa shape index (κ1) is 15.1. The van der Waals surface area contributed by atoms with Crippen molar-refractivity contribution in [3.8, 4) is 5.75 Å². The van der Waals surface area contributed by atoms with E-state index in [1.54, 1.807) is 19.1 Å². The summed E-state index contributed by atoms with van der Waals surface area (Å²) in [6.45, 7) is 1.79. The molecule has 0 aliphatic heterocycles. The Morgan fingerprint density at radius 1 is 1.36 bits per heavy atom. The molecule has 0 atom stereocenters. The monoisotopic (exact) mass is 299 g/mol. The molecule has 1 amide bonds. The topological polar surface area (TPSA) is 121 Å². The molecule has 2 aromatic rings. The second-order valence-electron chi connectivity index (χ2n) is 4.37. The van der Waals surface area contributed by atoms with E-state index in [-0.39, 0.29) is 17.0 Å². The number of nitro benzene ring substituents is 1. The summed E-state index contributed by atoms with van der Waals surface area (Å²) < 4.78 is 0. The van der Waals surface area contributed by atoms with Gasteiger partial charge >= 0.3 is 0 Å². The number of nitrogens with one attached hydrogen (secondary N) is 1. The van der Waals surface area contributed by atoms with Crippen LogP contribution >= 0.6 is 0 Å². The zero-order valence-corrected chi connectivity index (χ0v) is 11.5. The van der Waals surface area contributed by atoms with Gasteiger partial charge in [0, 0.05) is 18.0 Å². The van der Waals surface area contributed by atoms with Crippen molar-refractivity contribution in [1.82, 2.24) is 10.4 Å². The van der Waals surface area contributed by atoms with Crippen molar-refractivity contribution in [3.63, 3.8) is 0 Å². The van der Waals surface area contributed by atoms with Crippen LogP contribution in [0.4, 0.5) is 5.69 Å². The number of hydrogen-bond donors (Lipinski definition) is 1. The highest BCUT2D eigenvalue weighted by Crippen LogP contribution is 2.19. The molecule has 1 N–H and O–H groups in total. The van der Waals surface area contributed by atoms with Crippen LogP contribution in [0.1, 0.15) is 21.6 Å². The average Bonchev–Trinajstić information content (AvgIpc) is 2.47. The third-order valence-electron chi connectivity index (χ3n) is 2.74. The molecular weight excluding hydrogens is 288 g/mol. The number of carbonyl (C=O) groups excluding carboxylic acids is 1. The Labute approximate surface area is 125 Å². The van der Waals surface area contributed by atoms with Crippen LogP contribution in [0, 0.1) is 17.0 Å². The van der Waals surface area contributed by atoms with Gasteiger partial charge in [0.1, 0.15) is 0 Å². The number of hydrazone groups is 1. The Bertz CT molecular complexity index is 741. The quantitative estimate of drug-likeness (QED) is 0.515. The first-order valence-electron chi connectivity index (χ1n) is 6.19. The molecule has 0 aliphatic rings. The fraction of sp³-hybridized carbons (Fsp3) is 0.0714. The van der Waals surface area contributed by atoms with Crippen LogP contribution in [-0.4, -0.2) is 22.0 Å². The normalized spacial score (nSPS) is 10.6. The Morgan fingerprint density at radius 2 is 2.14 bits per heavy atom. The molecule has 0 saturated heterocycles. The largest absolute Gasteiger partial charge is 0.872 e. The molecule has 0 saturated carbocycles. The van der Waals surface area contributed by atoms with E-state index in [0.29, 0.717) is 5.56 Å². The van der Waals surface area contributed by atoms with E-state index < -0.39 is 10.8 Å². The Balaban J connectivity index is 2.12. The van der Waals surface area contributed by atoms with E-state index >= 15 is 0 Å². The molecule has 1 heterocycles. The van der Waals surface area contributed by atoms with Gasteiger partial charge in [-0.1, -0.05) is 12.1 Å². The molecule has 0 aliphatic carbocycles. The van der Waals surface area contributed by atoms with E-state index in [9.17, 15) is 20.0 Å². The predicted octanol–water partition coefficient (Wildman–Crippen LogP) is 1.14. The molecule has 0 radical (unpaired) electrons. The number of nitrogens with zero attached hydrogens (tertiary/aromatic N) is 3. The number of rotatable bonds is 4. The molecule has 0 bridgehead atoms. The Morgan fingerprint density at radius 3 is 2.77 bits per heavy atom. The third kappa shape index (κ3) is 3.63. The van der Waals surface area contributed by atoms with E-state index in [4.69, 9.17) is 0 Å². The first-order valence-corrected chi connectivity index (χ1v) is 6.19. The number of aryl methyl sites for hydroxylation is 1. The summed E-state index contributed by atoms with van der Waals surface area (Å²) in [4.78, 5) is 25.9. The van der Waals surface area contributed by atoms with Crippen molar-refractivity contribution >= 4 is 17.8 Å². The number of aromatic nitrogens is 1. The number of pyridine rings is 1. The van der Waals surface area contributed by atoms with Crippen molar-refractivity contribution in [3.05, 3.63) is 63.5 Å². The summed E-state index contributed by atoms with van der Waals surface area (Å²) in [6.07, 6.45) is 2.44. The van der Waals surface area contributed by atoms with Gasteiger partial charge in [0.05, 0.1) is 22.3 Å². The van der Waals surface area contributed by atoms with Gasteiger partial charge in [0.15, 0.2) is 0 Å². The fourth-order valence-electron chi connectivity index (χ4n) is 1.63. The van der Waals surface area contributed by atoms with Crippen LogP contribution in [-0.2, 0) is 0 Å². The van der Waals surface area contributed by atoms with Gasteiger partial charge in [-0.3, -0.25) is 19.9 Å². The SMILES string of the molecule is Cc1ccc(C(=O)N/N=C/c2cc([O-])ccc2[N+](=O)[O-])cn1. The smallest absolute Gasteiger partial charge is 0.278 e. The highest BCUT2D eigenvalue weighted by Gasteiger charge is 2.11. The maximum absolute atomic E-state index is 11.8. The maximum Gasteiger partial charge on any atom is 0.278 e. The number of nitro groups is 1. The molecule has 22 heavy (non-hydrogen) atoms. The van der Waals surface area contributed by atoms with Gasteiger partial charge in [-0.25, -0.2) is 5.43 Å². The van der Waals surface area contributed by atoms with Crippen LogP contribution in [0.25, 0.3) is 0 Å². The van der Waals surface area contributed by atoms with E-state index in [2.05, 4.69) is 15.5 Å². The summed E-state index contributed by atoms with van der Waals surface area (Å²) in [6, 6.07) is 6.50. The third-order valence-corrected chi connectivity index (χ3v) is 2.74. The van der Waals surface area contributed by atoms with E-state index in [1.807, 2.05) is 0 Å². The van der Waals surface area contributed by atoms with E-state index in [0.717, 1.165) is 30.1 Å². The van der Waals surface area contributed by atoms with Crippen molar-refractivity contribution in [2.24, 2.45) is 5.10 Å². The number of carbonyl (C=O) groups is 1. The molecule has 8 heteroatoms. The second kappa shape index (κ2) is 6.44. The van der Waals surface area contributed by atoms with Gasteiger partial charge in [0.25, 0.3) is 11.6 Å². The lowest BCUT2D eigenvalue weighted by Crippen LogP contribution is -2.18. The summed E-state index contributed by atoms with van der Waals surface area (Å²) in [5.74, 6) is -0.897. The minimum absolute atomic E-state index is 0.0137. The minimum Gasteiger partial charge on any atom is -0.872 e. The number of benzene rings is 1. The van der Waals surface area contributed by atoms with Crippen LogP contribution in [0.3, 0.4) is 0 Å². The average molecular weight is 299 g/mol. The summed E-state index contributed by atoms with van der Waals surface area (Å²) >= 11 is 0. The lowest BCUT2D eigenvalue weighted by Gasteiger charge is -2.05. The van der Waals surface area contributed by atoms with Gasteiger partial charge in [-0.15, -0.1) is 5.75 Å². The van der Waals surface area contributed by atoms with E-state index in [1.165, 1.54) is 6.20 Å². The molecular formula is C14H11N4O4-.